The van der Waals surface area contributed by atoms with Crippen LogP contribution in [-0.4, -0.2) is 23.4 Å². The summed E-state index contributed by atoms with van der Waals surface area (Å²) in [5.41, 5.74) is 0.726. The van der Waals surface area contributed by atoms with Gasteiger partial charge in [-0.3, -0.25) is 4.79 Å². The number of rotatable bonds is 1. The van der Waals surface area contributed by atoms with Gasteiger partial charge in [-0.25, -0.2) is 0 Å². The average molecular weight is 378 g/mol. The molecule has 1 aromatic carbocycles. The highest BCUT2D eigenvalue weighted by Crippen LogP contribution is 2.26. The van der Waals surface area contributed by atoms with Crippen LogP contribution >= 0.6 is 34.2 Å². The minimum absolute atomic E-state index is 0.112. The number of carbonyl (C=O) groups is 1. The fourth-order valence-electron chi connectivity index (χ4n) is 2.39. The molecule has 0 N–H and O–H groups in total. The lowest BCUT2D eigenvalue weighted by Crippen LogP contribution is -2.45. The molecule has 1 saturated heterocycles. The second-order valence-electron chi connectivity index (χ2n) is 5.11. The van der Waals surface area contributed by atoms with Gasteiger partial charge in [0.2, 0.25) is 0 Å². The van der Waals surface area contributed by atoms with Crippen molar-refractivity contribution in [2.45, 2.75) is 32.7 Å². The van der Waals surface area contributed by atoms with Gasteiger partial charge in [-0.2, -0.15) is 0 Å². The van der Waals surface area contributed by atoms with E-state index in [1.165, 1.54) is 6.42 Å². The van der Waals surface area contributed by atoms with Crippen LogP contribution in [0.15, 0.2) is 18.2 Å². The molecule has 0 saturated carbocycles. The summed E-state index contributed by atoms with van der Waals surface area (Å²) in [7, 11) is 0. The SMILES string of the molecule is CC1CCC(C)N(C(=O)c2cc(Cl)ccc2I)C1. The molecule has 0 aliphatic carbocycles. The molecule has 2 rings (SSSR count). The number of piperidine rings is 1. The van der Waals surface area contributed by atoms with E-state index in [2.05, 4.69) is 36.4 Å². The molecule has 18 heavy (non-hydrogen) atoms. The number of halogens is 2. The Bertz CT molecular complexity index is 463. The summed E-state index contributed by atoms with van der Waals surface area (Å²) in [5, 5.41) is 0.622. The number of nitrogens with zero attached hydrogens (tertiary/aromatic N) is 1. The highest BCUT2D eigenvalue weighted by molar-refractivity contribution is 14.1. The largest absolute Gasteiger partial charge is 0.336 e. The third-order valence-electron chi connectivity index (χ3n) is 3.54. The van der Waals surface area contributed by atoms with E-state index in [4.69, 9.17) is 11.6 Å². The zero-order valence-electron chi connectivity index (χ0n) is 10.6. The lowest BCUT2D eigenvalue weighted by atomic mass is 9.94. The van der Waals surface area contributed by atoms with Crippen molar-refractivity contribution in [3.05, 3.63) is 32.4 Å². The van der Waals surface area contributed by atoms with E-state index < -0.39 is 0 Å². The monoisotopic (exact) mass is 377 g/mol. The second kappa shape index (κ2) is 5.78. The number of hydrogen-bond acceptors (Lipinski definition) is 1. The zero-order valence-corrected chi connectivity index (χ0v) is 13.5. The van der Waals surface area contributed by atoms with Crippen LogP contribution < -0.4 is 0 Å². The number of hydrogen-bond donors (Lipinski definition) is 0. The van der Waals surface area contributed by atoms with Gasteiger partial charge in [-0.1, -0.05) is 18.5 Å². The maximum atomic E-state index is 12.6. The molecule has 0 aromatic heterocycles. The Kier molecular flexibility index (Phi) is 4.54. The second-order valence-corrected chi connectivity index (χ2v) is 6.71. The van der Waals surface area contributed by atoms with E-state index in [1.807, 2.05) is 17.0 Å². The third-order valence-corrected chi connectivity index (χ3v) is 4.71. The van der Waals surface area contributed by atoms with Gasteiger partial charge in [0, 0.05) is 21.2 Å². The number of amides is 1. The van der Waals surface area contributed by atoms with E-state index in [1.54, 1.807) is 6.07 Å². The molecular formula is C14H17ClINO. The van der Waals surface area contributed by atoms with Crippen molar-refractivity contribution in [2.24, 2.45) is 5.92 Å². The molecule has 0 spiro atoms. The lowest BCUT2D eigenvalue weighted by molar-refractivity contribution is 0.0573. The molecule has 2 nitrogen and oxygen atoms in total. The van der Waals surface area contributed by atoms with Crippen LogP contribution in [0.25, 0.3) is 0 Å². The Morgan fingerprint density at radius 3 is 2.83 bits per heavy atom. The zero-order chi connectivity index (χ0) is 13.3. The van der Waals surface area contributed by atoms with Gasteiger partial charge in [-0.05, 0) is 66.5 Å². The van der Waals surface area contributed by atoms with Gasteiger partial charge in [0.25, 0.3) is 5.91 Å². The first-order chi connectivity index (χ1) is 8.49. The predicted octanol–water partition coefficient (Wildman–Crippen LogP) is 4.21. The van der Waals surface area contributed by atoms with E-state index in [9.17, 15) is 4.79 Å². The average Bonchev–Trinajstić information content (AvgIpc) is 2.34. The van der Waals surface area contributed by atoms with E-state index >= 15 is 0 Å². The number of likely N-dealkylation sites (tertiary alicyclic amines) is 1. The maximum Gasteiger partial charge on any atom is 0.255 e. The molecule has 1 aliphatic rings. The van der Waals surface area contributed by atoms with Gasteiger partial charge in [0.15, 0.2) is 0 Å². The molecule has 2 atom stereocenters. The first-order valence-corrected chi connectivity index (χ1v) is 7.70. The summed E-state index contributed by atoms with van der Waals surface area (Å²) >= 11 is 8.19. The van der Waals surface area contributed by atoms with Crippen LogP contribution in [0.4, 0.5) is 0 Å². The van der Waals surface area contributed by atoms with Crippen molar-refractivity contribution >= 4 is 40.1 Å². The molecule has 0 radical (unpaired) electrons. The van der Waals surface area contributed by atoms with Crippen molar-refractivity contribution in [2.75, 3.05) is 6.54 Å². The molecule has 0 bridgehead atoms. The van der Waals surface area contributed by atoms with Crippen LogP contribution in [0.5, 0.6) is 0 Å². The molecule has 1 aromatic rings. The molecule has 1 aliphatic heterocycles. The molecular weight excluding hydrogens is 361 g/mol. The number of carbonyl (C=O) groups excluding carboxylic acids is 1. The maximum absolute atomic E-state index is 12.6. The van der Waals surface area contributed by atoms with Gasteiger partial charge in [0.1, 0.15) is 0 Å². The Labute approximate surface area is 127 Å². The van der Waals surface area contributed by atoms with Gasteiger partial charge in [0.05, 0.1) is 5.56 Å². The van der Waals surface area contributed by atoms with E-state index in [0.717, 1.165) is 22.1 Å². The van der Waals surface area contributed by atoms with Crippen molar-refractivity contribution in [1.29, 1.82) is 0 Å². The van der Waals surface area contributed by atoms with Gasteiger partial charge in [-0.15, -0.1) is 0 Å². The summed E-state index contributed by atoms with van der Waals surface area (Å²) in [6.07, 6.45) is 2.29. The Morgan fingerprint density at radius 2 is 2.11 bits per heavy atom. The summed E-state index contributed by atoms with van der Waals surface area (Å²) in [5.74, 6) is 0.697. The minimum atomic E-state index is 0.112. The summed E-state index contributed by atoms with van der Waals surface area (Å²) in [6.45, 7) is 5.18. The molecule has 4 heteroatoms. The Morgan fingerprint density at radius 1 is 1.39 bits per heavy atom. The molecule has 98 valence electrons. The molecule has 2 unspecified atom stereocenters. The van der Waals surface area contributed by atoms with Crippen LogP contribution in [0.3, 0.4) is 0 Å². The fraction of sp³-hybridized carbons (Fsp3) is 0.500. The van der Waals surface area contributed by atoms with Gasteiger partial charge >= 0.3 is 0 Å². The number of benzene rings is 1. The third kappa shape index (κ3) is 2.99. The van der Waals surface area contributed by atoms with E-state index in [-0.39, 0.29) is 5.91 Å². The van der Waals surface area contributed by atoms with Crippen LogP contribution in [0.2, 0.25) is 5.02 Å². The first kappa shape index (κ1) is 14.1. The fourth-order valence-corrected chi connectivity index (χ4v) is 3.13. The molecule has 1 amide bonds. The first-order valence-electron chi connectivity index (χ1n) is 6.25. The summed E-state index contributed by atoms with van der Waals surface area (Å²) in [6, 6.07) is 5.82. The Balaban J connectivity index is 2.27. The smallest absolute Gasteiger partial charge is 0.255 e. The summed E-state index contributed by atoms with van der Waals surface area (Å²) < 4.78 is 0.965. The lowest BCUT2D eigenvalue weighted by Gasteiger charge is -2.37. The Hall–Kier alpha value is -0.290. The highest BCUT2D eigenvalue weighted by Gasteiger charge is 2.28. The highest BCUT2D eigenvalue weighted by atomic mass is 127. The van der Waals surface area contributed by atoms with Crippen molar-refractivity contribution < 1.29 is 4.79 Å². The predicted molar refractivity (Wildman–Crippen MR) is 83.1 cm³/mol. The van der Waals surface area contributed by atoms with Crippen molar-refractivity contribution in [3.63, 3.8) is 0 Å². The summed E-state index contributed by atoms with van der Waals surface area (Å²) in [4.78, 5) is 14.6. The van der Waals surface area contributed by atoms with Crippen molar-refractivity contribution in [3.8, 4) is 0 Å². The molecule has 1 heterocycles. The quantitative estimate of drug-likeness (QED) is 0.672. The van der Waals surface area contributed by atoms with Crippen LogP contribution in [-0.2, 0) is 0 Å². The molecule has 1 fully saturated rings. The topological polar surface area (TPSA) is 20.3 Å². The van der Waals surface area contributed by atoms with E-state index in [0.29, 0.717) is 17.0 Å². The van der Waals surface area contributed by atoms with Crippen LogP contribution in [0, 0.1) is 9.49 Å². The minimum Gasteiger partial charge on any atom is -0.336 e. The van der Waals surface area contributed by atoms with Crippen molar-refractivity contribution in [1.82, 2.24) is 4.90 Å². The normalized spacial score (nSPS) is 24.1. The standard InChI is InChI=1S/C14H17ClINO/c1-9-3-4-10(2)17(8-9)14(18)12-7-11(15)5-6-13(12)16/h5-7,9-10H,3-4,8H2,1-2H3. The van der Waals surface area contributed by atoms with Crippen LogP contribution in [0.1, 0.15) is 37.0 Å². The van der Waals surface area contributed by atoms with Gasteiger partial charge < -0.3 is 4.90 Å².